The number of anilines is 1. The van der Waals surface area contributed by atoms with Crippen LogP contribution in [0.15, 0.2) is 11.1 Å². The second kappa shape index (κ2) is 6.13. The molecule has 1 atom stereocenters. The second-order valence-electron chi connectivity index (χ2n) is 5.45. The Kier molecular flexibility index (Phi) is 4.70. The monoisotopic (exact) mass is 300 g/mol. The molecule has 2 heterocycles. The van der Waals surface area contributed by atoms with E-state index in [4.69, 9.17) is 5.73 Å². The summed E-state index contributed by atoms with van der Waals surface area (Å²) in [6.45, 7) is 6.02. The highest BCUT2D eigenvalue weighted by molar-refractivity contribution is 7.89. The van der Waals surface area contributed by atoms with Crippen molar-refractivity contribution < 1.29 is 8.42 Å². The molecule has 114 valence electrons. The minimum Gasteiger partial charge on any atom is -0.381 e. The van der Waals surface area contributed by atoms with Gasteiger partial charge < -0.3 is 5.73 Å². The van der Waals surface area contributed by atoms with Crippen molar-refractivity contribution in [3.63, 3.8) is 0 Å². The average Bonchev–Trinajstić information content (AvgIpc) is 2.98. The van der Waals surface area contributed by atoms with E-state index in [0.29, 0.717) is 25.6 Å². The molecule has 0 saturated carbocycles. The van der Waals surface area contributed by atoms with Gasteiger partial charge in [0.15, 0.2) is 5.82 Å². The molecule has 20 heavy (non-hydrogen) atoms. The standard InChI is InChI=1S/C13H24N4O2S/c1-3-5-11-6-8-17(9-11)20(18,19)12-10-16(7-4-2)15-13(12)14/h10-11H,3-9H2,1-2H3,(H2,14,15). The molecule has 0 aliphatic carbocycles. The number of aromatic nitrogens is 2. The second-order valence-corrected chi connectivity index (χ2v) is 7.35. The summed E-state index contributed by atoms with van der Waals surface area (Å²) >= 11 is 0. The van der Waals surface area contributed by atoms with Crippen LogP contribution in [0.5, 0.6) is 0 Å². The Bertz CT molecular complexity index is 553. The Morgan fingerprint density at radius 3 is 2.80 bits per heavy atom. The quantitative estimate of drug-likeness (QED) is 0.866. The smallest absolute Gasteiger partial charge is 0.248 e. The van der Waals surface area contributed by atoms with Crippen molar-refractivity contribution in [3.05, 3.63) is 6.20 Å². The number of hydrogen-bond acceptors (Lipinski definition) is 4. The third-order valence-corrected chi connectivity index (χ3v) is 5.65. The van der Waals surface area contributed by atoms with Crippen molar-refractivity contribution in [2.75, 3.05) is 18.8 Å². The molecule has 1 aliphatic rings. The summed E-state index contributed by atoms with van der Waals surface area (Å²) in [5.41, 5.74) is 5.78. The molecule has 1 aromatic rings. The number of nitrogen functional groups attached to an aromatic ring is 1. The largest absolute Gasteiger partial charge is 0.381 e. The van der Waals surface area contributed by atoms with Gasteiger partial charge in [0.25, 0.3) is 0 Å². The van der Waals surface area contributed by atoms with E-state index in [1.807, 2.05) is 6.92 Å². The fourth-order valence-electron chi connectivity index (χ4n) is 2.76. The minimum atomic E-state index is -3.49. The first-order valence-electron chi connectivity index (χ1n) is 7.32. The summed E-state index contributed by atoms with van der Waals surface area (Å²) in [5.74, 6) is 0.582. The van der Waals surface area contributed by atoms with E-state index in [2.05, 4.69) is 12.0 Å². The topological polar surface area (TPSA) is 81.2 Å². The number of hydrogen-bond donors (Lipinski definition) is 1. The molecule has 1 unspecified atom stereocenters. The summed E-state index contributed by atoms with van der Waals surface area (Å²) in [6.07, 6.45) is 5.56. The van der Waals surface area contributed by atoms with Crippen molar-refractivity contribution in [1.29, 1.82) is 0 Å². The first-order chi connectivity index (χ1) is 9.48. The lowest BCUT2D eigenvalue weighted by atomic mass is 10.0. The van der Waals surface area contributed by atoms with Gasteiger partial charge in [0, 0.05) is 25.8 Å². The predicted molar refractivity (Wildman–Crippen MR) is 78.7 cm³/mol. The van der Waals surface area contributed by atoms with E-state index < -0.39 is 10.0 Å². The SMILES string of the molecule is CCCC1CCN(S(=O)(=O)c2cn(CCC)nc2N)C1. The maximum atomic E-state index is 12.6. The van der Waals surface area contributed by atoms with E-state index >= 15 is 0 Å². The lowest BCUT2D eigenvalue weighted by molar-refractivity contribution is 0.444. The Hall–Kier alpha value is -1.08. The Balaban J connectivity index is 2.18. The van der Waals surface area contributed by atoms with Crippen LogP contribution in [0, 0.1) is 5.92 Å². The van der Waals surface area contributed by atoms with Crippen LogP contribution < -0.4 is 5.73 Å². The zero-order valence-electron chi connectivity index (χ0n) is 12.2. The maximum Gasteiger partial charge on any atom is 0.248 e. The molecule has 6 nitrogen and oxygen atoms in total. The lowest BCUT2D eigenvalue weighted by Gasteiger charge is -2.15. The molecule has 7 heteroatoms. The summed E-state index contributed by atoms with van der Waals surface area (Å²) < 4.78 is 28.4. The number of nitrogens with two attached hydrogens (primary N) is 1. The Morgan fingerprint density at radius 2 is 2.15 bits per heavy atom. The van der Waals surface area contributed by atoms with Gasteiger partial charge in [0.2, 0.25) is 10.0 Å². The Morgan fingerprint density at radius 1 is 1.40 bits per heavy atom. The fraction of sp³-hybridized carbons (Fsp3) is 0.769. The minimum absolute atomic E-state index is 0.109. The van der Waals surface area contributed by atoms with E-state index in [0.717, 1.165) is 25.7 Å². The highest BCUT2D eigenvalue weighted by Gasteiger charge is 2.34. The lowest BCUT2D eigenvalue weighted by Crippen LogP contribution is -2.29. The number of sulfonamides is 1. The van der Waals surface area contributed by atoms with Crippen molar-refractivity contribution in [1.82, 2.24) is 14.1 Å². The molecule has 2 N–H and O–H groups in total. The van der Waals surface area contributed by atoms with Gasteiger partial charge in [-0.15, -0.1) is 0 Å². The van der Waals surface area contributed by atoms with Crippen LogP contribution in [0.4, 0.5) is 5.82 Å². The molecule has 0 bridgehead atoms. The van der Waals surface area contributed by atoms with Crippen LogP contribution in [-0.4, -0.2) is 35.6 Å². The zero-order valence-corrected chi connectivity index (χ0v) is 13.1. The summed E-state index contributed by atoms with van der Waals surface area (Å²) in [7, 11) is -3.49. The summed E-state index contributed by atoms with van der Waals surface area (Å²) in [5, 5.41) is 4.08. The summed E-state index contributed by atoms with van der Waals surface area (Å²) in [4.78, 5) is 0.156. The third kappa shape index (κ3) is 2.98. The normalized spacial score (nSPS) is 20.6. The molecule has 0 aromatic carbocycles. The zero-order chi connectivity index (χ0) is 14.8. The van der Waals surface area contributed by atoms with E-state index in [1.54, 1.807) is 15.2 Å². The van der Waals surface area contributed by atoms with Crippen LogP contribution >= 0.6 is 0 Å². The molecule has 1 aliphatic heterocycles. The van der Waals surface area contributed by atoms with Crippen LogP contribution in [0.2, 0.25) is 0 Å². The van der Waals surface area contributed by atoms with Crippen LogP contribution in [-0.2, 0) is 16.6 Å². The molecule has 1 fully saturated rings. The number of nitrogens with zero attached hydrogens (tertiary/aromatic N) is 3. The molecular formula is C13H24N4O2S. The van der Waals surface area contributed by atoms with Gasteiger partial charge in [-0.3, -0.25) is 4.68 Å². The van der Waals surface area contributed by atoms with Crippen LogP contribution in [0.25, 0.3) is 0 Å². The highest BCUT2D eigenvalue weighted by atomic mass is 32.2. The van der Waals surface area contributed by atoms with E-state index in [9.17, 15) is 8.42 Å². The highest BCUT2D eigenvalue weighted by Crippen LogP contribution is 2.28. The average molecular weight is 300 g/mol. The van der Waals surface area contributed by atoms with Crippen molar-refractivity contribution in [2.24, 2.45) is 5.92 Å². The number of rotatable bonds is 6. The van der Waals surface area contributed by atoms with Crippen LogP contribution in [0.1, 0.15) is 39.5 Å². The number of aryl methyl sites for hydroxylation is 1. The van der Waals surface area contributed by atoms with Crippen molar-refractivity contribution in [3.8, 4) is 0 Å². The first-order valence-corrected chi connectivity index (χ1v) is 8.76. The van der Waals surface area contributed by atoms with E-state index in [1.165, 1.54) is 0 Å². The van der Waals surface area contributed by atoms with Gasteiger partial charge >= 0.3 is 0 Å². The van der Waals surface area contributed by atoms with Gasteiger partial charge in [0.1, 0.15) is 4.90 Å². The first kappa shape index (κ1) is 15.3. The molecular weight excluding hydrogens is 276 g/mol. The molecule has 1 saturated heterocycles. The maximum absolute atomic E-state index is 12.6. The molecule has 0 radical (unpaired) electrons. The van der Waals surface area contributed by atoms with E-state index in [-0.39, 0.29) is 10.7 Å². The van der Waals surface area contributed by atoms with Gasteiger partial charge in [-0.05, 0) is 25.2 Å². The van der Waals surface area contributed by atoms with Crippen molar-refractivity contribution >= 4 is 15.8 Å². The van der Waals surface area contributed by atoms with Crippen LogP contribution in [0.3, 0.4) is 0 Å². The fourth-order valence-corrected chi connectivity index (χ4v) is 4.35. The van der Waals surface area contributed by atoms with Crippen molar-refractivity contribution in [2.45, 2.75) is 51.0 Å². The van der Waals surface area contributed by atoms with Gasteiger partial charge in [-0.25, -0.2) is 8.42 Å². The third-order valence-electron chi connectivity index (χ3n) is 3.77. The molecule has 0 amide bonds. The van der Waals surface area contributed by atoms with Gasteiger partial charge in [0.05, 0.1) is 0 Å². The molecule has 1 aromatic heterocycles. The molecule has 0 spiro atoms. The Labute approximate surface area is 121 Å². The van der Waals surface area contributed by atoms with Gasteiger partial charge in [-0.2, -0.15) is 9.40 Å². The summed E-state index contributed by atoms with van der Waals surface area (Å²) in [6, 6.07) is 0. The van der Waals surface area contributed by atoms with Gasteiger partial charge in [-0.1, -0.05) is 20.3 Å². The predicted octanol–water partition coefficient (Wildman–Crippen LogP) is 1.69. The molecule has 2 rings (SSSR count).